The van der Waals surface area contributed by atoms with E-state index in [9.17, 15) is 42.7 Å². The second-order valence-electron chi connectivity index (χ2n) is 26.0. The molecular weight excluding hydrogens is 1310 g/mol. The summed E-state index contributed by atoms with van der Waals surface area (Å²) in [5.41, 5.74) is 4.86. The predicted octanol–water partition coefficient (Wildman–Crippen LogP) is 9.65. The standard InChI is InChI=1S/C11H12N4O.C10H11FN2O.C10H11N5O2.C10H11N5O.C10H12N2O.2C9H11N3O/c1-7(2)15-6-12-9-10(16)13-8-4-3-5-14(8)11(9)15;1-6(2)13-5-7(11)9-8(14)3-4-12-10(9)13;1-5(2)15-4-11-7-8(15)13-10-12-6(16)3-14(10)9(7)17;1-6(2)15-5-12-7-8(15)13-10-11-3-4-14(10)9(7)16;1-7(2)12-6-4-8-9(13)3-5-11-10(8)12;1-7(2)11-5-3-8(13)12-6-4-10-9(11)12;1-7(2)11-5-3-8(13)9-10-4-6-12(9)11/h3-7H,1-2H3,(H,13,16);4-6H,3H2,1-2H3;4-5H,3H2,1-2H3,(H,12,13,16);3-6H,1-2H3,(H,11,13);4-7H,3H2,1-2H3;2*3-7H,1-2H3. The number of halogens is 1. The molecular formula is C69H79FN24O8. The summed E-state index contributed by atoms with van der Waals surface area (Å²) in [4.78, 5) is 136. The van der Waals surface area contributed by atoms with Gasteiger partial charge in [-0.25, -0.2) is 53.2 Å². The number of aromatic nitrogens is 21. The van der Waals surface area contributed by atoms with E-state index in [4.69, 9.17) is 0 Å². The highest BCUT2D eigenvalue weighted by Gasteiger charge is 2.27. The first-order valence-electron chi connectivity index (χ1n) is 33.2. The zero-order valence-electron chi connectivity index (χ0n) is 58.8. The minimum Gasteiger partial charge on any atom is -0.330 e. The summed E-state index contributed by atoms with van der Waals surface area (Å²) >= 11 is 0. The lowest BCUT2D eigenvalue weighted by Gasteiger charge is -2.12. The van der Waals surface area contributed by atoms with E-state index in [-0.39, 0.29) is 87.8 Å². The summed E-state index contributed by atoms with van der Waals surface area (Å²) < 4.78 is 34.8. The normalized spacial score (nSPS) is 13.0. The molecule has 14 aromatic rings. The lowest BCUT2D eigenvalue weighted by Crippen LogP contribution is -2.20. The number of ketones is 2. The van der Waals surface area contributed by atoms with E-state index in [1.807, 2.05) is 104 Å². The van der Waals surface area contributed by atoms with Crippen molar-refractivity contribution in [3.05, 3.63) is 186 Å². The fourth-order valence-corrected chi connectivity index (χ4v) is 11.6. The van der Waals surface area contributed by atoms with Crippen LogP contribution in [0.2, 0.25) is 0 Å². The number of carbonyl (C=O) groups excluding carboxylic acids is 3. The minimum atomic E-state index is -0.462. The number of rotatable bonds is 7. The van der Waals surface area contributed by atoms with Gasteiger partial charge in [-0.15, -0.1) is 0 Å². The van der Waals surface area contributed by atoms with Crippen molar-refractivity contribution in [3.8, 4) is 0 Å². The number of aromatic amines is 2. The molecule has 0 saturated carbocycles. The lowest BCUT2D eigenvalue weighted by molar-refractivity contribution is -0.115. The van der Waals surface area contributed by atoms with Gasteiger partial charge >= 0.3 is 0 Å². The summed E-state index contributed by atoms with van der Waals surface area (Å²) in [6, 6.07) is 10.5. The van der Waals surface area contributed by atoms with Gasteiger partial charge in [-0.1, -0.05) is 0 Å². The largest absolute Gasteiger partial charge is 0.330 e. The van der Waals surface area contributed by atoms with Crippen LogP contribution in [0.25, 0.3) is 56.3 Å². The third-order valence-corrected chi connectivity index (χ3v) is 16.7. The van der Waals surface area contributed by atoms with Gasteiger partial charge in [-0.05, 0) is 115 Å². The summed E-state index contributed by atoms with van der Waals surface area (Å²) in [6.07, 6.45) is 27.5. The van der Waals surface area contributed by atoms with Crippen LogP contribution in [0.15, 0.2) is 151 Å². The molecule has 0 atom stereocenters. The van der Waals surface area contributed by atoms with Crippen molar-refractivity contribution >= 4 is 104 Å². The van der Waals surface area contributed by atoms with Crippen molar-refractivity contribution < 1.29 is 18.8 Å². The monoisotopic (exact) mass is 1390 g/mol. The first-order valence-corrected chi connectivity index (χ1v) is 33.2. The quantitative estimate of drug-likeness (QED) is 0.134. The van der Waals surface area contributed by atoms with Gasteiger partial charge in [-0.2, -0.15) is 4.98 Å². The number of H-pyrrole nitrogens is 2. The molecule has 3 aliphatic heterocycles. The van der Waals surface area contributed by atoms with Crippen LogP contribution in [-0.2, 0) is 11.3 Å². The molecule has 0 unspecified atom stereocenters. The number of carbonyl (C=O) groups is 3. The Hall–Kier alpha value is -12.3. The van der Waals surface area contributed by atoms with Gasteiger partial charge in [0.15, 0.2) is 50.9 Å². The lowest BCUT2D eigenvalue weighted by atomic mass is 10.1. The average molecular weight is 1390 g/mol. The van der Waals surface area contributed by atoms with E-state index in [1.165, 1.54) is 21.4 Å². The predicted molar refractivity (Wildman–Crippen MR) is 385 cm³/mol. The van der Waals surface area contributed by atoms with Gasteiger partial charge in [-0.3, -0.25) is 61.7 Å². The minimum absolute atomic E-state index is 0.0195. The van der Waals surface area contributed by atoms with Crippen molar-refractivity contribution in [2.75, 3.05) is 5.32 Å². The highest BCUT2D eigenvalue weighted by molar-refractivity contribution is 6.10. The van der Waals surface area contributed by atoms with Crippen molar-refractivity contribution in [3.63, 3.8) is 0 Å². The second-order valence-corrected chi connectivity index (χ2v) is 26.0. The van der Waals surface area contributed by atoms with E-state index in [0.29, 0.717) is 75.7 Å². The van der Waals surface area contributed by atoms with Crippen LogP contribution < -0.4 is 33.0 Å². The molecule has 32 nitrogen and oxygen atoms in total. The Kier molecular flexibility index (Phi) is 20.4. The van der Waals surface area contributed by atoms with E-state index in [1.54, 1.807) is 100 Å². The smallest absolute Gasteiger partial charge is 0.287 e. The van der Waals surface area contributed by atoms with Gasteiger partial charge < -0.3 is 37.4 Å². The van der Waals surface area contributed by atoms with Gasteiger partial charge in [0.1, 0.15) is 29.5 Å². The van der Waals surface area contributed by atoms with Gasteiger partial charge in [0.2, 0.25) is 28.8 Å². The van der Waals surface area contributed by atoms with Crippen LogP contribution in [0, 0.1) is 5.82 Å². The number of imidazole rings is 6. The molecule has 1 amide bonds. The van der Waals surface area contributed by atoms with Crippen LogP contribution >= 0.6 is 0 Å². The molecule has 0 fully saturated rings. The zero-order chi connectivity index (χ0) is 73.3. The fourth-order valence-electron chi connectivity index (χ4n) is 11.6. The maximum Gasteiger partial charge on any atom is 0.287 e. The molecule has 0 radical (unpaired) electrons. The maximum atomic E-state index is 13.4. The summed E-state index contributed by atoms with van der Waals surface area (Å²) in [6.45, 7) is 28.4. The third kappa shape index (κ3) is 13.9. The van der Waals surface area contributed by atoms with Crippen molar-refractivity contribution in [2.45, 2.75) is 159 Å². The SMILES string of the molecule is CC(C)n1cc(F)c2c1N=CCC2=O.CC(C)n1ccc(=O)c2nccn21.CC(C)n1ccc(=O)n2ccnc12.CC(C)n1ccc2c1N=CCC2=O.CC(C)n1cnc2c(=O)[nH]c3cccn3c21.CC(C)n1cnc2c(=O)n3c(nc21)NC(=O)C3.CC(C)n1cnc2c(=O)n3ccnc3[nH]c21. The fraction of sp³-hybridized carbons (Fsp3) is 0.348. The molecule has 0 aromatic carbocycles. The molecule has 14 aromatic heterocycles. The highest BCUT2D eigenvalue weighted by Crippen LogP contribution is 2.32. The van der Waals surface area contributed by atoms with Crippen LogP contribution in [0.4, 0.5) is 22.0 Å². The van der Waals surface area contributed by atoms with Crippen LogP contribution in [0.1, 0.15) is 173 Å². The highest BCUT2D eigenvalue weighted by atomic mass is 19.1. The third-order valence-electron chi connectivity index (χ3n) is 16.7. The van der Waals surface area contributed by atoms with E-state index >= 15 is 0 Å². The molecule has 17 heterocycles. The molecule has 0 saturated heterocycles. The number of anilines is 1. The Morgan fingerprint density at radius 3 is 1.81 bits per heavy atom. The molecule has 3 N–H and O–H groups in total. The number of nitrogens with zero attached hydrogens (tertiary/aromatic N) is 21. The van der Waals surface area contributed by atoms with Gasteiger partial charge in [0, 0.05) is 148 Å². The Bertz CT molecular complexity index is 5760. The molecule has 0 bridgehead atoms. The second kappa shape index (κ2) is 29.2. The summed E-state index contributed by atoms with van der Waals surface area (Å²) in [5.74, 6) is 2.10. The topological polar surface area (TPSA) is 352 Å². The number of nitrogens with one attached hydrogen (secondary N) is 3. The number of hydrogen-bond donors (Lipinski definition) is 3. The Labute approximate surface area is 579 Å². The van der Waals surface area contributed by atoms with Gasteiger partial charge in [0.25, 0.3) is 22.2 Å². The Morgan fingerprint density at radius 2 is 1.12 bits per heavy atom. The molecule has 0 aliphatic carbocycles. The van der Waals surface area contributed by atoms with E-state index in [2.05, 4.69) is 116 Å². The molecule has 3 aliphatic rings. The van der Waals surface area contributed by atoms with Crippen molar-refractivity contribution in [2.24, 2.45) is 9.98 Å². The Balaban J connectivity index is 0.000000120. The zero-order valence-corrected chi connectivity index (χ0v) is 58.8. The van der Waals surface area contributed by atoms with Gasteiger partial charge in [0.05, 0.1) is 30.1 Å². The Morgan fingerprint density at radius 1 is 0.500 bits per heavy atom. The summed E-state index contributed by atoms with van der Waals surface area (Å²) in [5, 5.41) is 2.56. The van der Waals surface area contributed by atoms with E-state index in [0.717, 1.165) is 28.3 Å². The molecule has 33 heteroatoms. The first kappa shape index (κ1) is 71.0. The van der Waals surface area contributed by atoms with E-state index < -0.39 is 5.82 Å². The van der Waals surface area contributed by atoms with Crippen molar-refractivity contribution in [1.82, 2.24) is 99.2 Å². The number of aliphatic imine (C=N–C) groups is 2. The van der Waals surface area contributed by atoms with Crippen LogP contribution in [0.3, 0.4) is 0 Å². The number of hydrogen-bond acceptors (Lipinski definition) is 17. The molecule has 530 valence electrons. The molecule has 17 rings (SSSR count). The number of Topliss-reactive ketones (excluding diaryl/α,β-unsaturated/α-hetero) is 2. The average Bonchev–Trinajstić information content (AvgIpc) is 1.61. The molecule has 102 heavy (non-hydrogen) atoms. The van der Waals surface area contributed by atoms with Crippen LogP contribution in [0.5, 0.6) is 0 Å². The number of amides is 1. The van der Waals surface area contributed by atoms with Crippen LogP contribution in [-0.4, -0.2) is 129 Å². The first-order chi connectivity index (χ1) is 48.6. The molecule has 0 spiro atoms. The summed E-state index contributed by atoms with van der Waals surface area (Å²) in [7, 11) is 0. The number of fused-ring (bicyclic) bond motifs is 11. The maximum absolute atomic E-state index is 13.4. The van der Waals surface area contributed by atoms with Crippen molar-refractivity contribution in [1.29, 1.82) is 0 Å².